The summed E-state index contributed by atoms with van der Waals surface area (Å²) in [5.41, 5.74) is 5.26. The van der Waals surface area contributed by atoms with Crippen LogP contribution in [0, 0.1) is 11.2 Å². The van der Waals surface area contributed by atoms with Gasteiger partial charge in [0, 0.05) is 6.54 Å². The van der Waals surface area contributed by atoms with Gasteiger partial charge in [0.1, 0.15) is 5.82 Å². The fourth-order valence-corrected chi connectivity index (χ4v) is 2.95. The largest absolute Gasteiger partial charge is 0.330 e. The molecular formula is C13H21FN2O2S. The van der Waals surface area contributed by atoms with E-state index in [2.05, 4.69) is 4.72 Å². The molecule has 19 heavy (non-hydrogen) atoms. The number of hydrogen-bond donors (Lipinski definition) is 2. The van der Waals surface area contributed by atoms with Gasteiger partial charge < -0.3 is 5.73 Å². The normalized spacial score (nSPS) is 12.6. The van der Waals surface area contributed by atoms with Gasteiger partial charge >= 0.3 is 0 Å². The first-order valence-corrected chi connectivity index (χ1v) is 7.70. The number of nitrogens with two attached hydrogens (primary N) is 1. The molecular weight excluding hydrogens is 267 g/mol. The van der Waals surface area contributed by atoms with Gasteiger partial charge in [0.05, 0.1) is 4.90 Å². The molecule has 0 bridgehead atoms. The van der Waals surface area contributed by atoms with Crippen molar-refractivity contribution in [2.45, 2.75) is 31.6 Å². The molecule has 0 aliphatic carbocycles. The Balaban J connectivity index is 2.71. The molecule has 108 valence electrons. The van der Waals surface area contributed by atoms with E-state index in [1.54, 1.807) is 0 Å². The Morgan fingerprint density at radius 2 is 2.05 bits per heavy atom. The summed E-state index contributed by atoms with van der Waals surface area (Å²) in [6.45, 7) is 4.82. The molecule has 1 aromatic carbocycles. The maximum absolute atomic E-state index is 13.0. The second-order valence-corrected chi connectivity index (χ2v) is 7.11. The summed E-state index contributed by atoms with van der Waals surface area (Å²) in [5, 5.41) is 0. The Kier molecular flexibility index (Phi) is 5.46. The van der Waals surface area contributed by atoms with Crippen molar-refractivity contribution in [2.24, 2.45) is 11.1 Å². The highest BCUT2D eigenvalue weighted by atomic mass is 32.2. The van der Waals surface area contributed by atoms with Gasteiger partial charge in [-0.15, -0.1) is 0 Å². The molecule has 0 amide bonds. The zero-order valence-electron chi connectivity index (χ0n) is 11.3. The third-order valence-electron chi connectivity index (χ3n) is 2.90. The van der Waals surface area contributed by atoms with Gasteiger partial charge in [-0.05, 0) is 43.0 Å². The molecule has 0 aliphatic rings. The molecule has 0 aliphatic heterocycles. The molecule has 0 saturated carbocycles. The van der Waals surface area contributed by atoms with Crippen molar-refractivity contribution in [2.75, 3.05) is 13.1 Å². The number of rotatable bonds is 7. The van der Waals surface area contributed by atoms with E-state index in [9.17, 15) is 12.8 Å². The lowest BCUT2D eigenvalue weighted by Gasteiger charge is -2.24. The zero-order valence-corrected chi connectivity index (χ0v) is 12.1. The van der Waals surface area contributed by atoms with E-state index in [0.717, 1.165) is 18.9 Å². The number of sulfonamides is 1. The third kappa shape index (κ3) is 5.26. The molecule has 3 N–H and O–H groups in total. The van der Waals surface area contributed by atoms with Crippen LogP contribution in [-0.2, 0) is 10.0 Å². The van der Waals surface area contributed by atoms with E-state index in [1.807, 2.05) is 13.8 Å². The van der Waals surface area contributed by atoms with Crippen molar-refractivity contribution in [3.05, 3.63) is 30.1 Å². The van der Waals surface area contributed by atoms with Gasteiger partial charge in [-0.25, -0.2) is 17.5 Å². The average Bonchev–Trinajstić information content (AvgIpc) is 2.34. The van der Waals surface area contributed by atoms with E-state index in [-0.39, 0.29) is 10.3 Å². The van der Waals surface area contributed by atoms with Crippen LogP contribution in [0.4, 0.5) is 4.39 Å². The Morgan fingerprint density at radius 1 is 1.37 bits per heavy atom. The second kappa shape index (κ2) is 6.45. The molecule has 0 unspecified atom stereocenters. The first kappa shape index (κ1) is 16.1. The van der Waals surface area contributed by atoms with Gasteiger partial charge in [0.15, 0.2) is 0 Å². The minimum absolute atomic E-state index is 0.0536. The predicted molar refractivity (Wildman–Crippen MR) is 73.7 cm³/mol. The molecule has 0 atom stereocenters. The summed E-state index contributed by atoms with van der Waals surface area (Å²) in [6.07, 6.45) is 1.67. The van der Waals surface area contributed by atoms with Crippen LogP contribution < -0.4 is 10.5 Å². The molecule has 0 heterocycles. The van der Waals surface area contributed by atoms with Crippen LogP contribution in [0.3, 0.4) is 0 Å². The number of halogens is 1. The van der Waals surface area contributed by atoms with Gasteiger partial charge in [-0.1, -0.05) is 19.9 Å². The minimum Gasteiger partial charge on any atom is -0.330 e. The van der Waals surface area contributed by atoms with E-state index < -0.39 is 15.8 Å². The van der Waals surface area contributed by atoms with Crippen LogP contribution >= 0.6 is 0 Å². The Hall–Kier alpha value is -0.980. The van der Waals surface area contributed by atoms with Crippen LogP contribution in [0.25, 0.3) is 0 Å². The fraction of sp³-hybridized carbons (Fsp3) is 0.538. The van der Waals surface area contributed by atoms with Crippen LogP contribution in [0.1, 0.15) is 26.7 Å². The Bertz CT molecular complexity index is 515. The smallest absolute Gasteiger partial charge is 0.240 e. The van der Waals surface area contributed by atoms with Crippen molar-refractivity contribution < 1.29 is 12.8 Å². The van der Waals surface area contributed by atoms with Crippen LogP contribution in [0.15, 0.2) is 29.2 Å². The highest BCUT2D eigenvalue weighted by Gasteiger charge is 2.22. The molecule has 1 aromatic rings. The van der Waals surface area contributed by atoms with Crippen molar-refractivity contribution in [3.8, 4) is 0 Å². The third-order valence-corrected chi connectivity index (χ3v) is 4.30. The standard InChI is InChI=1S/C13H21FN2O2S/c1-13(2,7-4-8-15)10-16-19(17,18)12-6-3-5-11(14)9-12/h3,5-6,9,16H,4,7-8,10,15H2,1-2H3. The fourth-order valence-electron chi connectivity index (χ4n) is 1.68. The molecule has 0 spiro atoms. The lowest BCUT2D eigenvalue weighted by molar-refractivity contribution is 0.327. The van der Waals surface area contributed by atoms with Crippen molar-refractivity contribution in [1.29, 1.82) is 0 Å². The van der Waals surface area contributed by atoms with E-state index in [4.69, 9.17) is 5.73 Å². The SMILES string of the molecule is CC(C)(CCCN)CNS(=O)(=O)c1cccc(F)c1. The molecule has 0 fully saturated rings. The Morgan fingerprint density at radius 3 is 2.63 bits per heavy atom. The van der Waals surface area contributed by atoms with Gasteiger partial charge in [-0.2, -0.15) is 0 Å². The van der Waals surface area contributed by atoms with Crippen molar-refractivity contribution in [3.63, 3.8) is 0 Å². The summed E-state index contributed by atoms with van der Waals surface area (Å²) in [5.74, 6) is -0.565. The van der Waals surface area contributed by atoms with Crippen LogP contribution in [0.5, 0.6) is 0 Å². The minimum atomic E-state index is -3.66. The zero-order chi connectivity index (χ0) is 14.5. The summed E-state index contributed by atoms with van der Waals surface area (Å²) in [4.78, 5) is -0.0536. The lowest BCUT2D eigenvalue weighted by Crippen LogP contribution is -2.34. The van der Waals surface area contributed by atoms with Gasteiger partial charge in [-0.3, -0.25) is 0 Å². The molecule has 0 saturated heterocycles. The number of nitrogens with one attached hydrogen (secondary N) is 1. The number of benzene rings is 1. The summed E-state index contributed by atoms with van der Waals surface area (Å²) >= 11 is 0. The Labute approximate surface area is 114 Å². The van der Waals surface area contributed by atoms with E-state index in [1.165, 1.54) is 18.2 Å². The predicted octanol–water partition coefficient (Wildman–Crippen LogP) is 1.87. The summed E-state index contributed by atoms with van der Waals surface area (Å²) in [7, 11) is -3.66. The molecule has 0 radical (unpaired) electrons. The van der Waals surface area contributed by atoms with E-state index >= 15 is 0 Å². The topological polar surface area (TPSA) is 72.2 Å². The number of hydrogen-bond acceptors (Lipinski definition) is 3. The van der Waals surface area contributed by atoms with Gasteiger partial charge in [0.2, 0.25) is 10.0 Å². The molecule has 4 nitrogen and oxygen atoms in total. The lowest BCUT2D eigenvalue weighted by atomic mass is 9.88. The highest BCUT2D eigenvalue weighted by Crippen LogP contribution is 2.21. The molecule has 1 rings (SSSR count). The summed E-state index contributed by atoms with van der Waals surface area (Å²) < 4.78 is 39.6. The quantitative estimate of drug-likeness (QED) is 0.804. The van der Waals surface area contributed by atoms with E-state index in [0.29, 0.717) is 13.1 Å². The van der Waals surface area contributed by atoms with Gasteiger partial charge in [0.25, 0.3) is 0 Å². The monoisotopic (exact) mass is 288 g/mol. The second-order valence-electron chi connectivity index (χ2n) is 5.34. The first-order valence-electron chi connectivity index (χ1n) is 6.22. The van der Waals surface area contributed by atoms with Crippen LogP contribution in [-0.4, -0.2) is 21.5 Å². The van der Waals surface area contributed by atoms with Crippen LogP contribution in [0.2, 0.25) is 0 Å². The average molecular weight is 288 g/mol. The first-order chi connectivity index (χ1) is 8.77. The highest BCUT2D eigenvalue weighted by molar-refractivity contribution is 7.89. The maximum atomic E-state index is 13.0. The van der Waals surface area contributed by atoms with Crippen molar-refractivity contribution in [1.82, 2.24) is 4.72 Å². The maximum Gasteiger partial charge on any atom is 0.240 e. The molecule has 6 heteroatoms. The van der Waals surface area contributed by atoms with Crippen molar-refractivity contribution >= 4 is 10.0 Å². The summed E-state index contributed by atoms with van der Waals surface area (Å²) in [6, 6.07) is 4.97. The molecule has 0 aromatic heterocycles.